The minimum atomic E-state index is -0.250. The third-order valence-electron chi connectivity index (χ3n) is 4.20. The van der Waals surface area contributed by atoms with Crippen molar-refractivity contribution in [3.8, 4) is 5.75 Å². The van der Waals surface area contributed by atoms with Gasteiger partial charge in [0.1, 0.15) is 12.4 Å². The van der Waals surface area contributed by atoms with Gasteiger partial charge < -0.3 is 10.1 Å². The summed E-state index contributed by atoms with van der Waals surface area (Å²) in [6, 6.07) is 14.9. The van der Waals surface area contributed by atoms with Gasteiger partial charge >= 0.3 is 0 Å². The van der Waals surface area contributed by atoms with Crippen LogP contribution in [0.1, 0.15) is 19.4 Å². The van der Waals surface area contributed by atoms with Crippen LogP contribution in [0.5, 0.6) is 5.75 Å². The SMILES string of the molecule is CCc1ccc(NC(=O)[C@@H](C)N(C)CCOc2ccc(Cl)cc2)cc1. The molecule has 5 heteroatoms. The van der Waals surface area contributed by atoms with E-state index in [1.54, 1.807) is 12.1 Å². The van der Waals surface area contributed by atoms with Gasteiger partial charge in [0, 0.05) is 17.3 Å². The molecule has 134 valence electrons. The number of likely N-dealkylation sites (N-methyl/N-ethyl adjacent to an activating group) is 1. The number of aryl methyl sites for hydroxylation is 1. The van der Waals surface area contributed by atoms with E-state index in [1.165, 1.54) is 5.56 Å². The van der Waals surface area contributed by atoms with Crippen molar-refractivity contribution >= 4 is 23.2 Å². The predicted octanol–water partition coefficient (Wildman–Crippen LogP) is 4.24. The Balaban J connectivity index is 1.78. The van der Waals surface area contributed by atoms with E-state index in [-0.39, 0.29) is 11.9 Å². The summed E-state index contributed by atoms with van der Waals surface area (Å²) >= 11 is 5.85. The van der Waals surface area contributed by atoms with Crippen molar-refractivity contribution < 1.29 is 9.53 Å². The lowest BCUT2D eigenvalue weighted by Gasteiger charge is -2.24. The molecule has 1 atom stereocenters. The highest BCUT2D eigenvalue weighted by Gasteiger charge is 2.18. The van der Waals surface area contributed by atoms with Crippen LogP contribution in [0.2, 0.25) is 5.02 Å². The van der Waals surface area contributed by atoms with Gasteiger partial charge in [-0.15, -0.1) is 0 Å². The molecule has 1 N–H and O–H groups in total. The number of hydrogen-bond donors (Lipinski definition) is 1. The Morgan fingerprint density at radius 1 is 1.16 bits per heavy atom. The highest BCUT2D eigenvalue weighted by atomic mass is 35.5. The largest absolute Gasteiger partial charge is 0.492 e. The quantitative estimate of drug-likeness (QED) is 0.765. The van der Waals surface area contributed by atoms with Crippen LogP contribution >= 0.6 is 11.6 Å². The summed E-state index contributed by atoms with van der Waals surface area (Å²) in [5.41, 5.74) is 2.07. The molecule has 0 saturated heterocycles. The molecule has 1 amide bonds. The fourth-order valence-corrected chi connectivity index (χ4v) is 2.43. The van der Waals surface area contributed by atoms with Crippen molar-refractivity contribution in [3.63, 3.8) is 0 Å². The lowest BCUT2D eigenvalue weighted by molar-refractivity contribution is -0.120. The Bertz CT molecular complexity index is 671. The summed E-state index contributed by atoms with van der Waals surface area (Å²) in [6.45, 7) is 5.14. The van der Waals surface area contributed by atoms with Crippen LogP contribution in [-0.4, -0.2) is 37.0 Å². The number of nitrogens with one attached hydrogen (secondary N) is 1. The van der Waals surface area contributed by atoms with Crippen LogP contribution in [0.15, 0.2) is 48.5 Å². The number of carbonyl (C=O) groups is 1. The lowest BCUT2D eigenvalue weighted by Crippen LogP contribution is -2.41. The second-order valence-electron chi connectivity index (χ2n) is 6.00. The van der Waals surface area contributed by atoms with E-state index in [0.717, 1.165) is 17.9 Å². The summed E-state index contributed by atoms with van der Waals surface area (Å²) in [5, 5.41) is 3.63. The highest BCUT2D eigenvalue weighted by Crippen LogP contribution is 2.15. The van der Waals surface area contributed by atoms with E-state index in [9.17, 15) is 4.79 Å². The molecule has 2 aromatic rings. The fourth-order valence-electron chi connectivity index (χ4n) is 2.30. The summed E-state index contributed by atoms with van der Waals surface area (Å²) in [7, 11) is 1.91. The Morgan fingerprint density at radius 3 is 2.40 bits per heavy atom. The van der Waals surface area contributed by atoms with Crippen molar-refractivity contribution in [2.45, 2.75) is 26.3 Å². The van der Waals surface area contributed by atoms with Gasteiger partial charge in [0.15, 0.2) is 0 Å². The maximum Gasteiger partial charge on any atom is 0.241 e. The molecule has 2 rings (SSSR count). The van der Waals surface area contributed by atoms with Crippen LogP contribution in [0.4, 0.5) is 5.69 Å². The molecule has 0 radical (unpaired) electrons. The summed E-state index contributed by atoms with van der Waals surface area (Å²) in [4.78, 5) is 14.3. The predicted molar refractivity (Wildman–Crippen MR) is 103 cm³/mol. The molecule has 0 spiro atoms. The van der Waals surface area contributed by atoms with E-state index >= 15 is 0 Å². The van der Waals surface area contributed by atoms with Crippen molar-refractivity contribution in [1.29, 1.82) is 0 Å². The van der Waals surface area contributed by atoms with Crippen LogP contribution in [0.3, 0.4) is 0 Å². The van der Waals surface area contributed by atoms with E-state index in [2.05, 4.69) is 12.2 Å². The number of nitrogens with zero attached hydrogens (tertiary/aromatic N) is 1. The zero-order valence-corrected chi connectivity index (χ0v) is 15.7. The number of halogens is 1. The number of anilines is 1. The smallest absolute Gasteiger partial charge is 0.241 e. The van der Waals surface area contributed by atoms with Gasteiger partial charge in [-0.05, 0) is 62.4 Å². The van der Waals surface area contributed by atoms with Crippen molar-refractivity contribution in [2.75, 3.05) is 25.5 Å². The van der Waals surface area contributed by atoms with E-state index in [4.69, 9.17) is 16.3 Å². The first kappa shape index (κ1) is 19.3. The molecule has 0 saturated carbocycles. The van der Waals surface area contributed by atoms with Crippen LogP contribution in [-0.2, 0) is 11.2 Å². The Hall–Kier alpha value is -2.04. The average Bonchev–Trinajstić information content (AvgIpc) is 2.63. The standard InChI is InChI=1S/C20H25ClN2O2/c1-4-16-5-9-18(10-6-16)22-20(24)15(2)23(3)13-14-25-19-11-7-17(21)8-12-19/h5-12,15H,4,13-14H2,1-3H3,(H,22,24)/t15-/m1/s1. The zero-order chi connectivity index (χ0) is 18.2. The van der Waals surface area contributed by atoms with Gasteiger partial charge in [-0.1, -0.05) is 30.7 Å². The van der Waals surface area contributed by atoms with Gasteiger partial charge in [0.25, 0.3) is 0 Å². The molecule has 2 aromatic carbocycles. The number of hydrogen-bond acceptors (Lipinski definition) is 3. The minimum Gasteiger partial charge on any atom is -0.492 e. The average molecular weight is 361 g/mol. The molecule has 0 unspecified atom stereocenters. The molecule has 25 heavy (non-hydrogen) atoms. The Labute approximate surface area is 154 Å². The van der Waals surface area contributed by atoms with Crippen molar-refractivity contribution in [3.05, 3.63) is 59.1 Å². The van der Waals surface area contributed by atoms with Gasteiger partial charge in [-0.2, -0.15) is 0 Å². The topological polar surface area (TPSA) is 41.6 Å². The molecule has 0 fully saturated rings. The van der Waals surface area contributed by atoms with E-state index in [0.29, 0.717) is 18.2 Å². The molecule has 0 heterocycles. The highest BCUT2D eigenvalue weighted by molar-refractivity contribution is 6.30. The maximum atomic E-state index is 12.4. The van der Waals surface area contributed by atoms with E-state index < -0.39 is 0 Å². The monoisotopic (exact) mass is 360 g/mol. The Morgan fingerprint density at radius 2 is 1.80 bits per heavy atom. The second-order valence-corrected chi connectivity index (χ2v) is 6.44. The third kappa shape index (κ3) is 6.07. The number of benzene rings is 2. The molecule has 0 bridgehead atoms. The molecule has 4 nitrogen and oxygen atoms in total. The molecular formula is C20H25ClN2O2. The summed E-state index contributed by atoms with van der Waals surface area (Å²) in [5.74, 6) is 0.740. The van der Waals surface area contributed by atoms with E-state index in [1.807, 2.05) is 55.3 Å². The number of rotatable bonds is 8. The van der Waals surface area contributed by atoms with Crippen LogP contribution in [0.25, 0.3) is 0 Å². The molecule has 0 aliphatic carbocycles. The van der Waals surface area contributed by atoms with Crippen LogP contribution in [0, 0.1) is 0 Å². The summed E-state index contributed by atoms with van der Waals surface area (Å²) < 4.78 is 5.67. The molecular weight excluding hydrogens is 336 g/mol. The Kier molecular flexibility index (Phi) is 7.29. The number of carbonyl (C=O) groups excluding carboxylic acids is 1. The minimum absolute atomic E-state index is 0.0294. The first-order valence-corrected chi connectivity index (χ1v) is 8.85. The zero-order valence-electron chi connectivity index (χ0n) is 15.0. The summed E-state index contributed by atoms with van der Waals surface area (Å²) in [6.07, 6.45) is 0.987. The number of amides is 1. The number of ether oxygens (including phenoxy) is 1. The molecule has 0 aromatic heterocycles. The van der Waals surface area contributed by atoms with Gasteiger partial charge in [0.2, 0.25) is 5.91 Å². The van der Waals surface area contributed by atoms with Gasteiger partial charge in [-0.3, -0.25) is 9.69 Å². The third-order valence-corrected chi connectivity index (χ3v) is 4.45. The first-order valence-electron chi connectivity index (χ1n) is 8.48. The normalized spacial score (nSPS) is 12.0. The van der Waals surface area contributed by atoms with Crippen molar-refractivity contribution in [2.24, 2.45) is 0 Å². The van der Waals surface area contributed by atoms with Crippen molar-refractivity contribution in [1.82, 2.24) is 4.90 Å². The first-order chi connectivity index (χ1) is 12.0. The van der Waals surface area contributed by atoms with Crippen LogP contribution < -0.4 is 10.1 Å². The van der Waals surface area contributed by atoms with Gasteiger partial charge in [0.05, 0.1) is 6.04 Å². The second kappa shape index (κ2) is 9.44. The molecule has 0 aliphatic heterocycles. The maximum absolute atomic E-state index is 12.4. The molecule has 0 aliphatic rings. The lowest BCUT2D eigenvalue weighted by atomic mass is 10.1. The van der Waals surface area contributed by atoms with Gasteiger partial charge in [-0.25, -0.2) is 0 Å². The fraction of sp³-hybridized carbons (Fsp3) is 0.350.